The lowest BCUT2D eigenvalue weighted by Gasteiger charge is -2.11. The molecule has 1 aliphatic rings. The first-order chi connectivity index (χ1) is 11.6. The van der Waals surface area contributed by atoms with Crippen molar-refractivity contribution in [1.29, 1.82) is 0 Å². The van der Waals surface area contributed by atoms with Crippen molar-refractivity contribution in [2.45, 2.75) is 38.1 Å². The third-order valence-electron chi connectivity index (χ3n) is 4.13. The lowest BCUT2D eigenvalue weighted by atomic mass is 10.2. The van der Waals surface area contributed by atoms with E-state index in [1.54, 1.807) is 12.1 Å². The highest BCUT2D eigenvalue weighted by Gasteiger charge is 2.28. The highest BCUT2D eigenvalue weighted by molar-refractivity contribution is 6.30. The Labute approximate surface area is 157 Å². The van der Waals surface area contributed by atoms with E-state index in [2.05, 4.69) is 15.5 Å². The van der Waals surface area contributed by atoms with Gasteiger partial charge in [0.2, 0.25) is 17.6 Å². The number of nitrogens with zero attached hydrogens (tertiary/aromatic N) is 2. The van der Waals surface area contributed by atoms with E-state index in [-0.39, 0.29) is 24.4 Å². The minimum Gasteiger partial charge on any atom is -0.355 e. The fourth-order valence-corrected chi connectivity index (χ4v) is 2.61. The molecule has 0 bridgehead atoms. The van der Waals surface area contributed by atoms with Crippen molar-refractivity contribution >= 4 is 29.9 Å². The Hall–Kier alpha value is -1.63. The first kappa shape index (κ1) is 19.7. The molecule has 1 aromatic heterocycles. The van der Waals surface area contributed by atoms with Crippen LogP contribution in [0.25, 0.3) is 11.4 Å². The van der Waals surface area contributed by atoms with E-state index in [1.165, 1.54) is 12.8 Å². The summed E-state index contributed by atoms with van der Waals surface area (Å²) in [5.41, 5.74) is 6.81. The summed E-state index contributed by atoms with van der Waals surface area (Å²) < 4.78 is 5.22. The quantitative estimate of drug-likeness (QED) is 0.729. The topological polar surface area (TPSA) is 94.0 Å². The number of benzene rings is 1. The molecule has 6 nitrogen and oxygen atoms in total. The maximum Gasteiger partial charge on any atom is 0.226 e. The Bertz CT molecular complexity index is 686. The summed E-state index contributed by atoms with van der Waals surface area (Å²) in [6.45, 7) is 0.560. The monoisotopic (exact) mass is 384 g/mol. The van der Waals surface area contributed by atoms with E-state index in [0.717, 1.165) is 5.56 Å². The second kappa shape index (κ2) is 9.17. The van der Waals surface area contributed by atoms with E-state index in [9.17, 15) is 4.79 Å². The molecule has 1 aliphatic carbocycles. The van der Waals surface area contributed by atoms with Crippen molar-refractivity contribution in [2.24, 2.45) is 11.7 Å². The van der Waals surface area contributed by atoms with Crippen LogP contribution in [0, 0.1) is 5.92 Å². The average molecular weight is 385 g/mol. The minimum absolute atomic E-state index is 0. The van der Waals surface area contributed by atoms with Crippen LogP contribution < -0.4 is 11.1 Å². The van der Waals surface area contributed by atoms with Gasteiger partial charge in [0.05, 0.1) is 0 Å². The van der Waals surface area contributed by atoms with Crippen molar-refractivity contribution in [3.8, 4) is 11.4 Å². The highest BCUT2D eigenvalue weighted by Crippen LogP contribution is 2.31. The Morgan fingerprint density at radius 3 is 2.76 bits per heavy atom. The zero-order valence-corrected chi connectivity index (χ0v) is 15.4. The second-order valence-corrected chi connectivity index (χ2v) is 6.61. The molecule has 1 atom stereocenters. The molecule has 136 valence electrons. The summed E-state index contributed by atoms with van der Waals surface area (Å²) in [4.78, 5) is 16.1. The molecule has 1 amide bonds. The molecule has 0 saturated heterocycles. The van der Waals surface area contributed by atoms with Crippen LogP contribution in [-0.2, 0) is 11.2 Å². The van der Waals surface area contributed by atoms with Crippen molar-refractivity contribution in [3.05, 3.63) is 35.2 Å². The highest BCUT2D eigenvalue weighted by atomic mass is 35.5. The van der Waals surface area contributed by atoms with Crippen LogP contribution >= 0.6 is 24.0 Å². The van der Waals surface area contributed by atoms with Gasteiger partial charge in [-0.2, -0.15) is 4.98 Å². The number of hydrogen-bond acceptors (Lipinski definition) is 5. The number of halogens is 2. The number of carbonyl (C=O) groups excluding carboxylic acids is 1. The van der Waals surface area contributed by atoms with Gasteiger partial charge < -0.3 is 15.6 Å². The van der Waals surface area contributed by atoms with Gasteiger partial charge in [0.15, 0.2) is 0 Å². The minimum atomic E-state index is 0. The third kappa shape index (κ3) is 5.99. The molecule has 1 fully saturated rings. The van der Waals surface area contributed by atoms with Crippen LogP contribution in [-0.4, -0.2) is 28.6 Å². The van der Waals surface area contributed by atoms with Crippen LogP contribution in [0.4, 0.5) is 0 Å². The number of aromatic nitrogens is 2. The first-order valence-electron chi connectivity index (χ1n) is 8.22. The standard InChI is InChI=1S/C17H21ClN4O2.ClH/c18-13-8-6-12(7-9-13)17-21-16(24-22-17)3-1-2-15(23)20-10-14(19)11-4-5-11;/h6-9,11,14H,1-5,10,19H2,(H,20,23);1H. The SMILES string of the molecule is Cl.NC(CNC(=O)CCCc1nc(-c2ccc(Cl)cc2)no1)C1CC1. The summed E-state index contributed by atoms with van der Waals surface area (Å²) in [5.74, 6) is 1.67. The zero-order valence-electron chi connectivity index (χ0n) is 13.8. The van der Waals surface area contributed by atoms with Gasteiger partial charge in [-0.25, -0.2) is 0 Å². The molecular formula is C17H22Cl2N4O2. The number of amides is 1. The van der Waals surface area contributed by atoms with E-state index in [0.29, 0.717) is 48.5 Å². The molecule has 1 heterocycles. The number of carbonyl (C=O) groups is 1. The first-order valence-corrected chi connectivity index (χ1v) is 8.60. The Morgan fingerprint density at radius 1 is 1.36 bits per heavy atom. The molecule has 25 heavy (non-hydrogen) atoms. The number of hydrogen-bond donors (Lipinski definition) is 2. The average Bonchev–Trinajstić information content (AvgIpc) is 3.33. The van der Waals surface area contributed by atoms with Crippen molar-refractivity contribution < 1.29 is 9.32 Å². The maximum absolute atomic E-state index is 11.8. The van der Waals surface area contributed by atoms with Gasteiger partial charge >= 0.3 is 0 Å². The zero-order chi connectivity index (χ0) is 16.9. The molecule has 3 rings (SSSR count). The van der Waals surface area contributed by atoms with Crippen molar-refractivity contribution in [2.75, 3.05) is 6.54 Å². The lowest BCUT2D eigenvalue weighted by molar-refractivity contribution is -0.121. The van der Waals surface area contributed by atoms with Gasteiger partial charge in [0.1, 0.15) is 0 Å². The van der Waals surface area contributed by atoms with Gasteiger partial charge in [0.25, 0.3) is 0 Å². The molecule has 1 aromatic carbocycles. The summed E-state index contributed by atoms with van der Waals surface area (Å²) in [6.07, 6.45) is 4.03. The van der Waals surface area contributed by atoms with Gasteiger partial charge in [-0.1, -0.05) is 16.8 Å². The molecule has 0 aliphatic heterocycles. The maximum atomic E-state index is 11.8. The molecule has 0 spiro atoms. The fourth-order valence-electron chi connectivity index (χ4n) is 2.48. The van der Waals surface area contributed by atoms with Crippen LogP contribution in [0.2, 0.25) is 5.02 Å². The molecule has 8 heteroatoms. The molecule has 2 aromatic rings. The Kier molecular flexibility index (Phi) is 7.23. The summed E-state index contributed by atoms with van der Waals surface area (Å²) in [5, 5.41) is 7.50. The fraction of sp³-hybridized carbons (Fsp3) is 0.471. The van der Waals surface area contributed by atoms with Crippen molar-refractivity contribution in [1.82, 2.24) is 15.5 Å². The van der Waals surface area contributed by atoms with Crippen LogP contribution in [0.15, 0.2) is 28.8 Å². The van der Waals surface area contributed by atoms with E-state index in [4.69, 9.17) is 21.9 Å². The Morgan fingerprint density at radius 2 is 2.08 bits per heavy atom. The molecule has 0 radical (unpaired) electrons. The van der Waals surface area contributed by atoms with Gasteiger partial charge in [-0.15, -0.1) is 12.4 Å². The van der Waals surface area contributed by atoms with E-state index in [1.807, 2.05) is 12.1 Å². The van der Waals surface area contributed by atoms with Crippen LogP contribution in [0.5, 0.6) is 0 Å². The second-order valence-electron chi connectivity index (χ2n) is 6.18. The summed E-state index contributed by atoms with van der Waals surface area (Å²) in [6, 6.07) is 7.33. The van der Waals surface area contributed by atoms with Gasteiger partial charge in [0, 0.05) is 36.0 Å². The summed E-state index contributed by atoms with van der Waals surface area (Å²) in [7, 11) is 0. The predicted molar refractivity (Wildman–Crippen MR) is 98.6 cm³/mol. The molecule has 1 unspecified atom stereocenters. The normalized spacial score (nSPS) is 14.6. The van der Waals surface area contributed by atoms with E-state index >= 15 is 0 Å². The van der Waals surface area contributed by atoms with Crippen LogP contribution in [0.3, 0.4) is 0 Å². The molecular weight excluding hydrogens is 363 g/mol. The number of aryl methyl sites for hydroxylation is 1. The molecule has 3 N–H and O–H groups in total. The van der Waals surface area contributed by atoms with Crippen molar-refractivity contribution in [3.63, 3.8) is 0 Å². The number of nitrogens with two attached hydrogens (primary N) is 1. The largest absolute Gasteiger partial charge is 0.355 e. The Balaban J connectivity index is 0.00000225. The third-order valence-corrected chi connectivity index (χ3v) is 4.38. The van der Waals surface area contributed by atoms with Gasteiger partial charge in [-0.05, 0) is 49.4 Å². The smallest absolute Gasteiger partial charge is 0.226 e. The van der Waals surface area contributed by atoms with Crippen LogP contribution in [0.1, 0.15) is 31.6 Å². The number of nitrogens with one attached hydrogen (secondary N) is 1. The number of rotatable bonds is 8. The predicted octanol–water partition coefficient (Wildman–Crippen LogP) is 2.99. The van der Waals surface area contributed by atoms with E-state index < -0.39 is 0 Å². The van der Waals surface area contributed by atoms with Gasteiger partial charge in [-0.3, -0.25) is 4.79 Å². The lowest BCUT2D eigenvalue weighted by Crippen LogP contribution is -2.38. The summed E-state index contributed by atoms with van der Waals surface area (Å²) >= 11 is 5.86. The molecule has 1 saturated carbocycles.